The molecule has 0 aromatic carbocycles. The van der Waals surface area contributed by atoms with Gasteiger partial charge in [-0.15, -0.1) is 24.9 Å². The Morgan fingerprint density at radius 2 is 2.03 bits per heavy atom. The number of esters is 1. The first-order valence-electron chi connectivity index (χ1n) is 14.1. The smallest absolute Gasteiger partial charge is 0.310 e. The van der Waals surface area contributed by atoms with Crippen LogP contribution in [0.5, 0.6) is 0 Å². The van der Waals surface area contributed by atoms with Gasteiger partial charge in [0.1, 0.15) is 6.04 Å². The van der Waals surface area contributed by atoms with E-state index in [0.29, 0.717) is 39.0 Å². The number of rotatable bonds is 16. The third-order valence-corrected chi connectivity index (χ3v) is 10.5. The molecule has 1 spiro atoms. The Morgan fingerprint density at radius 1 is 1.27 bits per heavy atom. The fraction of sp³-hybridized carbons (Fsp3) is 0.759. The third kappa shape index (κ3) is 5.65. The molecule has 208 valence electrons. The number of ether oxygens (including phenoxy) is 1. The van der Waals surface area contributed by atoms with Crippen molar-refractivity contribution in [2.45, 2.75) is 94.2 Å². The molecule has 0 aromatic rings. The van der Waals surface area contributed by atoms with E-state index in [9.17, 15) is 19.5 Å². The molecule has 3 heterocycles. The number of hydrogen-bond donors (Lipinski definition) is 1. The molecule has 3 aliphatic heterocycles. The minimum absolute atomic E-state index is 0.0105. The van der Waals surface area contributed by atoms with Gasteiger partial charge < -0.3 is 19.6 Å². The first-order chi connectivity index (χ1) is 17.8. The van der Waals surface area contributed by atoms with Crippen molar-refractivity contribution in [3.8, 4) is 0 Å². The van der Waals surface area contributed by atoms with Gasteiger partial charge in [-0.3, -0.25) is 14.4 Å². The van der Waals surface area contributed by atoms with E-state index in [1.807, 2.05) is 4.90 Å². The second-order valence-electron chi connectivity index (χ2n) is 10.9. The van der Waals surface area contributed by atoms with Gasteiger partial charge in [0.15, 0.2) is 0 Å². The number of likely N-dealkylation sites (tertiary alicyclic amines) is 1. The summed E-state index contributed by atoms with van der Waals surface area (Å²) in [4.78, 5) is 45.5. The summed E-state index contributed by atoms with van der Waals surface area (Å²) in [5.74, 6) is -1.35. The number of aliphatic hydroxyl groups is 1. The molecule has 37 heavy (non-hydrogen) atoms. The number of thioether (sulfide) groups is 1. The molecule has 7 nitrogen and oxygen atoms in total. The summed E-state index contributed by atoms with van der Waals surface area (Å²) in [6, 6.07) is -0.580. The van der Waals surface area contributed by atoms with Crippen LogP contribution in [-0.2, 0) is 19.1 Å². The lowest BCUT2D eigenvalue weighted by Gasteiger charge is -2.41. The zero-order valence-electron chi connectivity index (χ0n) is 22.9. The van der Waals surface area contributed by atoms with E-state index in [1.54, 1.807) is 28.8 Å². The minimum atomic E-state index is -0.633. The van der Waals surface area contributed by atoms with Crippen molar-refractivity contribution in [2.24, 2.45) is 17.8 Å². The second kappa shape index (κ2) is 13.3. The Morgan fingerprint density at radius 3 is 2.68 bits per heavy atom. The van der Waals surface area contributed by atoms with E-state index in [0.717, 1.165) is 32.1 Å². The highest BCUT2D eigenvalue weighted by molar-refractivity contribution is 8.02. The molecule has 0 aromatic heterocycles. The predicted molar refractivity (Wildman–Crippen MR) is 148 cm³/mol. The average Bonchev–Trinajstić information content (AvgIpc) is 3.46. The normalized spacial score (nSPS) is 30.8. The van der Waals surface area contributed by atoms with Gasteiger partial charge in [0.05, 0.1) is 23.2 Å². The highest BCUT2D eigenvalue weighted by Crippen LogP contribution is 2.68. The quantitative estimate of drug-likeness (QED) is 0.181. The molecule has 4 unspecified atom stereocenters. The molecule has 3 saturated heterocycles. The zero-order valence-corrected chi connectivity index (χ0v) is 23.7. The van der Waals surface area contributed by atoms with E-state index < -0.39 is 22.6 Å². The van der Waals surface area contributed by atoms with Crippen LogP contribution in [0, 0.1) is 17.8 Å². The maximum atomic E-state index is 14.4. The summed E-state index contributed by atoms with van der Waals surface area (Å²) in [6.07, 6.45) is 9.83. The van der Waals surface area contributed by atoms with Crippen LogP contribution in [0.4, 0.5) is 0 Å². The Kier molecular flexibility index (Phi) is 10.7. The number of allylic oxidation sites excluding steroid dienone is 1. The number of unbranched alkanes of at least 4 members (excludes halogenated alkanes) is 3. The van der Waals surface area contributed by atoms with Crippen LogP contribution in [0.1, 0.15) is 72.1 Å². The molecule has 3 fully saturated rings. The van der Waals surface area contributed by atoms with Gasteiger partial charge in [0, 0.05) is 31.0 Å². The van der Waals surface area contributed by atoms with Gasteiger partial charge >= 0.3 is 5.97 Å². The highest BCUT2D eigenvalue weighted by Gasteiger charge is 2.76. The third-order valence-electron chi connectivity index (χ3n) is 8.45. The Labute approximate surface area is 227 Å². The topological polar surface area (TPSA) is 87.1 Å². The lowest BCUT2D eigenvalue weighted by molar-refractivity contribution is -0.154. The van der Waals surface area contributed by atoms with Crippen molar-refractivity contribution in [1.29, 1.82) is 0 Å². The van der Waals surface area contributed by atoms with Gasteiger partial charge in [0.25, 0.3) is 0 Å². The van der Waals surface area contributed by atoms with E-state index in [4.69, 9.17) is 4.74 Å². The monoisotopic (exact) mass is 534 g/mol. The predicted octanol–water partition coefficient (Wildman–Crippen LogP) is 4.20. The summed E-state index contributed by atoms with van der Waals surface area (Å²) in [7, 11) is 0. The molecule has 0 aliphatic carbocycles. The number of amides is 2. The molecule has 1 N–H and O–H groups in total. The first kappa shape index (κ1) is 29.8. The Balaban J connectivity index is 1.96. The van der Waals surface area contributed by atoms with Gasteiger partial charge in [-0.25, -0.2) is 0 Å². The Hall–Kier alpha value is -1.80. The molecular weight excluding hydrogens is 488 g/mol. The number of fused-ring (bicyclic) bond motifs is 1. The standard InChI is InChI=1S/C29H46N2O5S/c1-6-9-13-18-36-28(35)23-22-19-20(4)29(37-22)24(23)26(33)31(16-11-10-12-17-32)25(29)27(34)30(15-8-3)21(5)14-7-2/h6,8,20-25,32H,1,3,7,9-19H2,2,4-5H3/t20?,21?,22-,23+,24+,25?,29?/m1/s1. The summed E-state index contributed by atoms with van der Waals surface area (Å²) in [6.45, 7) is 15.2. The van der Waals surface area contributed by atoms with Crippen molar-refractivity contribution in [2.75, 3.05) is 26.3 Å². The fourth-order valence-corrected chi connectivity index (χ4v) is 9.14. The number of carbonyl (C=O) groups is 3. The molecule has 2 bridgehead atoms. The largest absolute Gasteiger partial charge is 0.465 e. The minimum Gasteiger partial charge on any atom is -0.465 e. The lowest BCUT2D eigenvalue weighted by atomic mass is 9.66. The van der Waals surface area contributed by atoms with Crippen molar-refractivity contribution in [1.82, 2.24) is 9.80 Å². The van der Waals surface area contributed by atoms with Gasteiger partial charge in [-0.05, 0) is 57.8 Å². The highest BCUT2D eigenvalue weighted by atomic mass is 32.2. The molecule has 8 heteroatoms. The van der Waals surface area contributed by atoms with Crippen LogP contribution in [0.3, 0.4) is 0 Å². The zero-order chi connectivity index (χ0) is 27.2. The molecule has 7 atom stereocenters. The SMILES string of the molecule is C=CCCCOC(=O)[C@@H]1[C@H]2C(=O)N(CCCCCO)C(C(=O)N(CC=C)C(C)CCC)C23S[C@@H]1CC3C. The molecule has 0 radical (unpaired) electrons. The summed E-state index contributed by atoms with van der Waals surface area (Å²) in [5.41, 5.74) is 0. The van der Waals surface area contributed by atoms with Gasteiger partial charge in [0.2, 0.25) is 11.8 Å². The van der Waals surface area contributed by atoms with Gasteiger partial charge in [-0.1, -0.05) is 32.4 Å². The number of nitrogens with zero attached hydrogens (tertiary/aromatic N) is 2. The van der Waals surface area contributed by atoms with Crippen LogP contribution < -0.4 is 0 Å². The molecular formula is C29H46N2O5S. The lowest BCUT2D eigenvalue weighted by Crippen LogP contribution is -2.58. The summed E-state index contributed by atoms with van der Waals surface area (Å²) < 4.78 is 5.03. The molecule has 3 rings (SSSR count). The maximum absolute atomic E-state index is 14.4. The summed E-state index contributed by atoms with van der Waals surface area (Å²) >= 11 is 1.69. The van der Waals surface area contributed by atoms with Crippen LogP contribution in [-0.4, -0.2) is 81.1 Å². The number of hydrogen-bond acceptors (Lipinski definition) is 6. The molecule has 3 aliphatic rings. The van der Waals surface area contributed by atoms with Crippen LogP contribution >= 0.6 is 11.8 Å². The number of aliphatic hydroxyl groups excluding tert-OH is 1. The first-order valence-corrected chi connectivity index (χ1v) is 15.0. The average molecular weight is 535 g/mol. The van der Waals surface area contributed by atoms with Crippen molar-refractivity contribution in [3.05, 3.63) is 25.3 Å². The molecule has 2 amide bonds. The maximum Gasteiger partial charge on any atom is 0.310 e. The van der Waals surface area contributed by atoms with E-state index in [1.165, 1.54) is 0 Å². The van der Waals surface area contributed by atoms with Crippen molar-refractivity contribution >= 4 is 29.5 Å². The molecule has 0 saturated carbocycles. The van der Waals surface area contributed by atoms with Gasteiger partial charge in [-0.2, -0.15) is 0 Å². The van der Waals surface area contributed by atoms with E-state index in [2.05, 4.69) is 33.9 Å². The van der Waals surface area contributed by atoms with Crippen molar-refractivity contribution in [3.63, 3.8) is 0 Å². The second-order valence-corrected chi connectivity index (χ2v) is 12.4. The van der Waals surface area contributed by atoms with Crippen LogP contribution in [0.2, 0.25) is 0 Å². The fourth-order valence-electron chi connectivity index (χ4n) is 6.73. The van der Waals surface area contributed by atoms with Crippen molar-refractivity contribution < 1.29 is 24.2 Å². The van der Waals surface area contributed by atoms with E-state index >= 15 is 0 Å². The summed E-state index contributed by atoms with van der Waals surface area (Å²) in [5, 5.41) is 9.22. The van der Waals surface area contributed by atoms with E-state index in [-0.39, 0.29) is 41.6 Å². The van der Waals surface area contributed by atoms with Crippen LogP contribution in [0.25, 0.3) is 0 Å². The Bertz CT molecular complexity index is 850. The van der Waals surface area contributed by atoms with Crippen LogP contribution in [0.15, 0.2) is 25.3 Å². The number of carbonyl (C=O) groups excluding carboxylic acids is 3.